The summed E-state index contributed by atoms with van der Waals surface area (Å²) >= 11 is 0. The predicted octanol–water partition coefficient (Wildman–Crippen LogP) is 22.1. The van der Waals surface area contributed by atoms with Crippen LogP contribution in [-0.4, -0.2) is 18.3 Å². The summed E-state index contributed by atoms with van der Waals surface area (Å²) in [7, 11) is 0. The van der Waals surface area contributed by atoms with Gasteiger partial charge in [-0.2, -0.15) is 0 Å². The second-order valence-electron chi connectivity index (χ2n) is 23.2. The van der Waals surface area contributed by atoms with Crippen molar-refractivity contribution in [3.63, 3.8) is 0 Å². The molecule has 0 fully saturated rings. The summed E-state index contributed by atoms with van der Waals surface area (Å²) in [5.74, 6) is 0. The van der Waals surface area contributed by atoms with Gasteiger partial charge in [0.1, 0.15) is 5.58 Å². The van der Waals surface area contributed by atoms with Gasteiger partial charge in [0.15, 0.2) is 5.58 Å². The molecule has 14 aromatic carbocycles. The van der Waals surface area contributed by atoms with Gasteiger partial charge in [0.2, 0.25) is 0 Å². The summed E-state index contributed by atoms with van der Waals surface area (Å²) < 4.78 is 16.5. The third-order valence-electron chi connectivity index (χ3n) is 18.5. The normalized spacial score (nSPS) is 12.1. The van der Waals surface area contributed by atoms with Gasteiger partial charge in [-0.3, -0.25) is 0 Å². The van der Waals surface area contributed by atoms with Crippen LogP contribution < -0.4 is 0 Å². The van der Waals surface area contributed by atoms with E-state index in [1.807, 2.05) is 0 Å². The van der Waals surface area contributed by atoms with Crippen molar-refractivity contribution >= 4 is 120 Å². The predicted molar refractivity (Wildman–Crippen MR) is 365 cm³/mol. The van der Waals surface area contributed by atoms with Crippen molar-refractivity contribution in [2.75, 3.05) is 0 Å². The lowest BCUT2D eigenvalue weighted by Crippen LogP contribution is -1.97. The fourth-order valence-corrected chi connectivity index (χ4v) is 14.7. The number of hydrogen-bond donors (Lipinski definition) is 0. The summed E-state index contributed by atoms with van der Waals surface area (Å²) in [6.07, 6.45) is 2.18. The van der Waals surface area contributed by atoms with Gasteiger partial charge in [0.25, 0.3) is 0 Å². The molecule has 0 amide bonds. The topological polar surface area (TPSA) is 32.9 Å². The number of rotatable bonds is 7. The molecule has 87 heavy (non-hydrogen) atoms. The van der Waals surface area contributed by atoms with E-state index in [9.17, 15) is 0 Å². The van der Waals surface area contributed by atoms with Crippen LogP contribution in [-0.2, 0) is 0 Å². The molecule has 19 aromatic rings. The summed E-state index contributed by atoms with van der Waals surface area (Å²) in [4.78, 5) is 0. The third-order valence-corrected chi connectivity index (χ3v) is 18.5. The molecular weight excluding hydrogens is 1060 g/mol. The minimum Gasteiger partial charge on any atom is -0.454 e. The van der Waals surface area contributed by atoms with Gasteiger partial charge in [-0.1, -0.05) is 182 Å². The molecule has 5 heterocycles. The fourth-order valence-electron chi connectivity index (χ4n) is 14.7. The Labute approximate surface area is 499 Å². The maximum Gasteiger partial charge on any atom is 0.159 e. The molecule has 0 atom stereocenters. The molecule has 19 rings (SSSR count). The SMILES string of the molecule is c1ccc(-c2ccc3oc4c(-n5c6ccccc6c6cc(-c7cc(-c8ccc9c(c8)c8ccccc8n9-c8ccc9c(ccn9-c9ccccc9)c8)cc(-n8c9ccccc9c9c%10ccccc%10c%10ccccc%10c98)c7)ccc65)cccc4c3c2)cc1. The summed E-state index contributed by atoms with van der Waals surface area (Å²) in [5, 5.41) is 15.6. The van der Waals surface area contributed by atoms with E-state index in [-0.39, 0.29) is 0 Å². The van der Waals surface area contributed by atoms with Crippen molar-refractivity contribution in [3.05, 3.63) is 303 Å². The molecule has 0 aliphatic rings. The molecule has 5 aromatic heterocycles. The van der Waals surface area contributed by atoms with E-state index in [0.29, 0.717) is 0 Å². The summed E-state index contributed by atoms with van der Waals surface area (Å²) in [6.45, 7) is 0. The van der Waals surface area contributed by atoms with Crippen LogP contribution >= 0.6 is 0 Å². The lowest BCUT2D eigenvalue weighted by atomic mass is 9.95. The lowest BCUT2D eigenvalue weighted by molar-refractivity contribution is 0.666. The van der Waals surface area contributed by atoms with Crippen LogP contribution in [0.2, 0.25) is 0 Å². The first kappa shape index (κ1) is 47.8. The van der Waals surface area contributed by atoms with Crippen molar-refractivity contribution in [2.45, 2.75) is 0 Å². The van der Waals surface area contributed by atoms with E-state index in [1.165, 1.54) is 92.4 Å². The van der Waals surface area contributed by atoms with Crippen molar-refractivity contribution in [1.82, 2.24) is 18.3 Å². The number of nitrogens with zero attached hydrogens (tertiary/aromatic N) is 4. The number of furan rings is 1. The molecule has 0 spiro atoms. The Bertz CT molecular complexity index is 6070. The summed E-state index contributed by atoms with van der Waals surface area (Å²) in [6, 6.07) is 109. The van der Waals surface area contributed by atoms with Gasteiger partial charge < -0.3 is 22.7 Å². The maximum absolute atomic E-state index is 6.88. The molecule has 5 nitrogen and oxygen atoms in total. The van der Waals surface area contributed by atoms with Crippen LogP contribution in [0.4, 0.5) is 0 Å². The minimum atomic E-state index is 0.868. The first-order chi connectivity index (χ1) is 43.1. The average Bonchev–Trinajstić information content (AvgIpc) is 1.67. The smallest absolute Gasteiger partial charge is 0.159 e. The van der Waals surface area contributed by atoms with E-state index in [2.05, 4.69) is 322 Å². The van der Waals surface area contributed by atoms with Gasteiger partial charge in [0, 0.05) is 77.1 Å². The molecule has 0 saturated carbocycles. The molecule has 0 aliphatic carbocycles. The van der Waals surface area contributed by atoms with Gasteiger partial charge in [-0.15, -0.1) is 0 Å². The van der Waals surface area contributed by atoms with E-state index < -0.39 is 0 Å². The van der Waals surface area contributed by atoms with Crippen LogP contribution in [0, 0.1) is 0 Å². The molecule has 5 heteroatoms. The molecule has 0 aliphatic heterocycles. The van der Waals surface area contributed by atoms with E-state index in [0.717, 1.165) is 83.5 Å². The summed E-state index contributed by atoms with van der Waals surface area (Å²) in [5.41, 5.74) is 21.2. The number of hydrogen-bond acceptors (Lipinski definition) is 1. The Hall–Kier alpha value is -11.7. The van der Waals surface area contributed by atoms with Gasteiger partial charge >= 0.3 is 0 Å². The minimum absolute atomic E-state index is 0.868. The number of para-hydroxylation sites is 5. The standard InChI is InChI=1S/C82H50N4O/c1-3-18-51(19-4-1)52-36-41-79-71(50-52)67-29-17-33-78(82(67)87-79)86-74-31-15-12-25-64(74)70-49-54(35-39-77(70)86)57-44-56(46-60(47-57)85-75-32-16-13-28-68(75)80-65-26-9-7-22-61(65)62-23-8-10-27-66(62)81(80)85)53-34-38-76-69(48-53)63-24-11-14-30-73(63)84(76)59-37-40-72-55(45-59)42-43-83(72)58-20-5-2-6-21-58/h1-50H. The van der Waals surface area contributed by atoms with Crippen molar-refractivity contribution in [1.29, 1.82) is 0 Å². The first-order valence-corrected chi connectivity index (χ1v) is 29.9. The van der Waals surface area contributed by atoms with E-state index in [4.69, 9.17) is 4.42 Å². The van der Waals surface area contributed by atoms with Crippen LogP contribution in [0.5, 0.6) is 0 Å². The zero-order chi connectivity index (χ0) is 56.8. The molecular formula is C82H50N4O. The van der Waals surface area contributed by atoms with Gasteiger partial charge in [-0.05, 0) is 165 Å². The Morgan fingerprint density at radius 3 is 1.47 bits per heavy atom. The van der Waals surface area contributed by atoms with Crippen molar-refractivity contribution < 1.29 is 4.42 Å². The molecule has 0 N–H and O–H groups in total. The Morgan fingerprint density at radius 2 is 0.759 bits per heavy atom. The highest BCUT2D eigenvalue weighted by atomic mass is 16.3. The zero-order valence-electron chi connectivity index (χ0n) is 47.1. The largest absolute Gasteiger partial charge is 0.454 e. The van der Waals surface area contributed by atoms with Crippen LogP contribution in [0.3, 0.4) is 0 Å². The molecule has 0 unspecified atom stereocenters. The highest BCUT2D eigenvalue weighted by Crippen LogP contribution is 2.46. The number of fused-ring (bicyclic) bond motifs is 18. The zero-order valence-corrected chi connectivity index (χ0v) is 47.1. The number of benzene rings is 14. The molecule has 0 saturated heterocycles. The Morgan fingerprint density at radius 1 is 0.241 bits per heavy atom. The second-order valence-corrected chi connectivity index (χ2v) is 23.2. The first-order valence-electron chi connectivity index (χ1n) is 29.9. The third kappa shape index (κ3) is 7.08. The van der Waals surface area contributed by atoms with Crippen LogP contribution in [0.1, 0.15) is 0 Å². The Kier molecular flexibility index (Phi) is 10.1. The van der Waals surface area contributed by atoms with E-state index >= 15 is 0 Å². The highest BCUT2D eigenvalue weighted by Gasteiger charge is 2.23. The Balaban J connectivity index is 0.831. The van der Waals surface area contributed by atoms with Crippen LogP contribution in [0.15, 0.2) is 308 Å². The highest BCUT2D eigenvalue weighted by molar-refractivity contribution is 6.32. The molecule has 0 bridgehead atoms. The van der Waals surface area contributed by atoms with E-state index in [1.54, 1.807) is 0 Å². The van der Waals surface area contributed by atoms with Gasteiger partial charge in [0.05, 0.1) is 44.3 Å². The maximum atomic E-state index is 6.88. The lowest BCUT2D eigenvalue weighted by Gasteiger charge is -2.16. The monoisotopic (exact) mass is 1110 g/mol. The molecule has 404 valence electrons. The second kappa shape index (κ2) is 18.4. The van der Waals surface area contributed by atoms with Crippen LogP contribution in [0.25, 0.3) is 176 Å². The quantitative estimate of drug-likeness (QED) is 0.146. The number of aromatic nitrogens is 4. The van der Waals surface area contributed by atoms with Crippen molar-refractivity contribution in [2.24, 2.45) is 0 Å². The molecule has 0 radical (unpaired) electrons. The van der Waals surface area contributed by atoms with Crippen molar-refractivity contribution in [3.8, 4) is 56.1 Å². The fraction of sp³-hybridized carbons (Fsp3) is 0. The average molecular weight is 1110 g/mol. The van der Waals surface area contributed by atoms with Gasteiger partial charge in [-0.25, -0.2) is 0 Å².